The number of carbonyl (C=O) groups excluding carboxylic acids is 1. The molecule has 0 spiro atoms. The molecule has 4 rings (SSSR count). The summed E-state index contributed by atoms with van der Waals surface area (Å²) in [7, 11) is -3.74. The van der Waals surface area contributed by atoms with E-state index in [0.717, 1.165) is 10.9 Å². The molecule has 0 radical (unpaired) electrons. The van der Waals surface area contributed by atoms with Gasteiger partial charge < -0.3 is 9.73 Å². The van der Waals surface area contributed by atoms with Crippen LogP contribution in [-0.4, -0.2) is 19.4 Å². The van der Waals surface area contributed by atoms with Crippen molar-refractivity contribution >= 4 is 55.1 Å². The van der Waals surface area contributed by atoms with Crippen molar-refractivity contribution in [3.05, 3.63) is 65.7 Å². The molecule has 2 amide bonds. The molecule has 0 atom stereocenters. The maximum atomic E-state index is 12.3. The van der Waals surface area contributed by atoms with E-state index in [1.165, 1.54) is 41.8 Å². The van der Waals surface area contributed by atoms with Crippen LogP contribution in [0.2, 0.25) is 0 Å². The Morgan fingerprint density at radius 2 is 1.83 bits per heavy atom. The van der Waals surface area contributed by atoms with Crippen molar-refractivity contribution in [1.82, 2.24) is 4.98 Å². The molecule has 2 aromatic heterocycles. The minimum Gasteiger partial charge on any atom is -0.440 e. The van der Waals surface area contributed by atoms with Gasteiger partial charge in [-0.25, -0.2) is 18.2 Å². The summed E-state index contributed by atoms with van der Waals surface area (Å²) >= 11 is 1.18. The number of benzene rings is 2. The Labute approximate surface area is 170 Å². The highest BCUT2D eigenvalue weighted by molar-refractivity contribution is 7.93. The first-order valence-electron chi connectivity index (χ1n) is 8.51. The van der Waals surface area contributed by atoms with Crippen LogP contribution in [0.1, 0.15) is 5.56 Å². The van der Waals surface area contributed by atoms with Crippen LogP contribution >= 0.6 is 11.3 Å². The van der Waals surface area contributed by atoms with Gasteiger partial charge >= 0.3 is 6.03 Å². The normalized spacial score (nSPS) is 11.3. The van der Waals surface area contributed by atoms with Gasteiger partial charge in [0.1, 0.15) is 5.58 Å². The van der Waals surface area contributed by atoms with Crippen molar-refractivity contribution in [2.75, 3.05) is 15.4 Å². The number of rotatable bonds is 5. The minimum absolute atomic E-state index is 0.0618. The molecule has 2 heterocycles. The first kappa shape index (κ1) is 19.0. The molecule has 10 heteroatoms. The summed E-state index contributed by atoms with van der Waals surface area (Å²) < 4.78 is 32.7. The number of para-hydroxylation sites is 1. The second kappa shape index (κ2) is 7.57. The summed E-state index contributed by atoms with van der Waals surface area (Å²) in [6.45, 7) is 1.86. The molecule has 0 aliphatic carbocycles. The lowest BCUT2D eigenvalue weighted by Crippen LogP contribution is -2.19. The Morgan fingerprint density at radius 3 is 2.52 bits per heavy atom. The molecular formula is C19H16N4O4S2. The average molecular weight is 428 g/mol. The number of sulfonamides is 1. The fourth-order valence-corrected chi connectivity index (χ4v) is 4.51. The number of hydrogen-bond acceptors (Lipinski definition) is 6. The number of carbonyl (C=O) groups is 1. The SMILES string of the molecule is Cc1c(NC(=O)Nc2ccc(S(=O)(=O)Nc3nccs3)cc2)oc2ccccc12. The van der Waals surface area contributed by atoms with E-state index in [1.54, 1.807) is 5.38 Å². The number of amides is 2. The zero-order valence-corrected chi connectivity index (χ0v) is 16.8. The topological polar surface area (TPSA) is 113 Å². The third-order valence-corrected chi connectivity index (χ3v) is 6.32. The zero-order chi connectivity index (χ0) is 20.4. The van der Waals surface area contributed by atoms with Crippen LogP contribution in [0.4, 0.5) is 21.5 Å². The van der Waals surface area contributed by atoms with Crippen LogP contribution in [0.3, 0.4) is 0 Å². The van der Waals surface area contributed by atoms with Gasteiger partial charge in [0.05, 0.1) is 4.90 Å². The molecule has 4 aromatic rings. The van der Waals surface area contributed by atoms with Crippen LogP contribution in [0.25, 0.3) is 11.0 Å². The van der Waals surface area contributed by atoms with Crippen molar-refractivity contribution in [3.63, 3.8) is 0 Å². The highest BCUT2D eigenvalue weighted by atomic mass is 32.2. The van der Waals surface area contributed by atoms with Crippen LogP contribution < -0.4 is 15.4 Å². The summed E-state index contributed by atoms with van der Waals surface area (Å²) in [5.41, 5.74) is 1.94. The van der Waals surface area contributed by atoms with Gasteiger partial charge in [-0.1, -0.05) is 18.2 Å². The number of furan rings is 1. The summed E-state index contributed by atoms with van der Waals surface area (Å²) in [4.78, 5) is 16.2. The Hall–Kier alpha value is -3.37. The minimum atomic E-state index is -3.74. The molecule has 8 nitrogen and oxygen atoms in total. The molecule has 148 valence electrons. The van der Waals surface area contributed by atoms with Crippen LogP contribution in [0.5, 0.6) is 0 Å². The number of aromatic nitrogens is 1. The Bertz CT molecular complexity index is 1260. The molecular weight excluding hydrogens is 412 g/mol. The van der Waals surface area contributed by atoms with Crippen molar-refractivity contribution in [2.45, 2.75) is 11.8 Å². The van der Waals surface area contributed by atoms with Gasteiger partial charge in [0, 0.05) is 28.2 Å². The lowest BCUT2D eigenvalue weighted by molar-refractivity contribution is 0.261. The number of nitrogens with one attached hydrogen (secondary N) is 3. The smallest absolute Gasteiger partial charge is 0.326 e. The van der Waals surface area contributed by atoms with E-state index in [9.17, 15) is 13.2 Å². The van der Waals surface area contributed by atoms with E-state index in [-0.39, 0.29) is 10.0 Å². The van der Waals surface area contributed by atoms with E-state index in [2.05, 4.69) is 20.3 Å². The zero-order valence-electron chi connectivity index (χ0n) is 15.2. The third-order valence-electron chi connectivity index (χ3n) is 4.15. The first-order chi connectivity index (χ1) is 13.9. The number of nitrogens with zero attached hydrogens (tertiary/aromatic N) is 1. The lowest BCUT2D eigenvalue weighted by atomic mass is 10.2. The number of hydrogen-bond donors (Lipinski definition) is 3. The maximum absolute atomic E-state index is 12.3. The van der Waals surface area contributed by atoms with Gasteiger partial charge in [-0.05, 0) is 37.3 Å². The molecule has 0 fully saturated rings. The Balaban J connectivity index is 1.44. The van der Waals surface area contributed by atoms with E-state index in [4.69, 9.17) is 4.42 Å². The first-order valence-corrected chi connectivity index (χ1v) is 10.9. The molecule has 2 aromatic carbocycles. The maximum Gasteiger partial charge on any atom is 0.326 e. The summed E-state index contributed by atoms with van der Waals surface area (Å²) in [5, 5.41) is 8.20. The third kappa shape index (κ3) is 4.08. The standard InChI is InChI=1S/C19H16N4O4S2/c1-12-15-4-2-3-5-16(15)27-17(12)22-18(24)21-13-6-8-14(9-7-13)29(25,26)23-19-20-10-11-28-19/h2-11H,1H3,(H,20,23)(H2,21,22,24). The number of anilines is 3. The molecule has 0 bridgehead atoms. The summed E-state index contributed by atoms with van der Waals surface area (Å²) in [6.07, 6.45) is 1.51. The van der Waals surface area contributed by atoms with E-state index in [0.29, 0.717) is 17.2 Å². The van der Waals surface area contributed by atoms with Crippen LogP contribution in [0, 0.1) is 6.92 Å². The predicted octanol–water partition coefficient (Wildman–Crippen LogP) is 4.64. The molecule has 0 aliphatic heterocycles. The van der Waals surface area contributed by atoms with Crippen molar-refractivity contribution < 1.29 is 17.6 Å². The van der Waals surface area contributed by atoms with E-state index >= 15 is 0 Å². The monoisotopic (exact) mass is 428 g/mol. The van der Waals surface area contributed by atoms with Crippen LogP contribution in [0.15, 0.2) is 69.4 Å². The second-order valence-electron chi connectivity index (χ2n) is 6.10. The number of thiazole rings is 1. The highest BCUT2D eigenvalue weighted by Gasteiger charge is 2.16. The fourth-order valence-electron chi connectivity index (χ4n) is 2.72. The molecule has 0 unspecified atom stereocenters. The van der Waals surface area contributed by atoms with Gasteiger partial charge in [0.15, 0.2) is 5.13 Å². The van der Waals surface area contributed by atoms with Gasteiger partial charge in [-0.2, -0.15) is 0 Å². The van der Waals surface area contributed by atoms with Gasteiger partial charge in [0.2, 0.25) is 5.88 Å². The second-order valence-corrected chi connectivity index (χ2v) is 8.68. The van der Waals surface area contributed by atoms with E-state index in [1.807, 2.05) is 31.2 Å². The highest BCUT2D eigenvalue weighted by Crippen LogP contribution is 2.29. The van der Waals surface area contributed by atoms with Gasteiger partial charge in [0.25, 0.3) is 10.0 Å². The Morgan fingerprint density at radius 1 is 1.07 bits per heavy atom. The number of aryl methyl sites for hydroxylation is 1. The lowest BCUT2D eigenvalue weighted by Gasteiger charge is -2.08. The largest absolute Gasteiger partial charge is 0.440 e. The number of fused-ring (bicyclic) bond motifs is 1. The van der Waals surface area contributed by atoms with Gasteiger partial charge in [-0.15, -0.1) is 11.3 Å². The number of urea groups is 1. The van der Waals surface area contributed by atoms with E-state index < -0.39 is 16.1 Å². The molecule has 3 N–H and O–H groups in total. The molecule has 0 saturated heterocycles. The van der Waals surface area contributed by atoms with Crippen LogP contribution in [-0.2, 0) is 10.0 Å². The quantitative estimate of drug-likeness (QED) is 0.428. The van der Waals surface area contributed by atoms with Crippen molar-refractivity contribution in [3.8, 4) is 0 Å². The summed E-state index contributed by atoms with van der Waals surface area (Å²) in [6, 6.07) is 12.8. The molecule has 29 heavy (non-hydrogen) atoms. The van der Waals surface area contributed by atoms with Gasteiger partial charge in [-0.3, -0.25) is 10.0 Å². The fraction of sp³-hybridized carbons (Fsp3) is 0.0526. The Kier molecular flexibility index (Phi) is 4.95. The molecule has 0 saturated carbocycles. The molecule has 0 aliphatic rings. The van der Waals surface area contributed by atoms with Crippen molar-refractivity contribution in [2.24, 2.45) is 0 Å². The van der Waals surface area contributed by atoms with Crippen molar-refractivity contribution in [1.29, 1.82) is 0 Å². The summed E-state index contributed by atoms with van der Waals surface area (Å²) in [5.74, 6) is 0.357. The average Bonchev–Trinajstić information content (AvgIpc) is 3.30. The predicted molar refractivity (Wildman–Crippen MR) is 113 cm³/mol.